The summed E-state index contributed by atoms with van der Waals surface area (Å²) in [4.78, 5) is 32.6. The van der Waals surface area contributed by atoms with Gasteiger partial charge in [0.25, 0.3) is 11.7 Å². The number of amides is 1. The minimum atomic E-state index is -0.829. The number of aliphatic hydroxyl groups is 1. The first-order valence-corrected chi connectivity index (χ1v) is 14.4. The zero-order valence-electron chi connectivity index (χ0n) is 24.2. The molecule has 1 fully saturated rings. The van der Waals surface area contributed by atoms with E-state index in [2.05, 4.69) is 18.8 Å². The number of aliphatic hydroxyl groups excluding tert-OH is 1. The van der Waals surface area contributed by atoms with Crippen molar-refractivity contribution in [2.45, 2.75) is 46.2 Å². The molecule has 5 rings (SSSR count). The van der Waals surface area contributed by atoms with E-state index in [0.717, 1.165) is 6.42 Å². The number of ketones is 1. The molecule has 1 saturated heterocycles. The van der Waals surface area contributed by atoms with Crippen LogP contribution in [0.5, 0.6) is 23.0 Å². The summed E-state index contributed by atoms with van der Waals surface area (Å²) in [6.07, 6.45) is 6.72. The normalized spacial score (nSPS) is 17.6. The molecule has 1 aromatic heterocycles. The maximum Gasteiger partial charge on any atom is 0.295 e. The van der Waals surface area contributed by atoms with Gasteiger partial charge in [0.15, 0.2) is 23.0 Å². The molecular weight excluding hydrogens is 538 g/mol. The van der Waals surface area contributed by atoms with Gasteiger partial charge < -0.3 is 33.5 Å². The van der Waals surface area contributed by atoms with Crippen LogP contribution in [-0.2, 0) is 16.1 Å². The minimum Gasteiger partial charge on any atom is -0.507 e. The molecule has 0 unspecified atom stereocenters. The standard InChI is InChI=1S/C32H37N3O7/c1-4-39-26-18-22(6-8-24(26)40-15-10-21(2)3)29-28(30(36)23-7-9-25-27(19-23)42-17-16-41-25)31(37)32(38)35(29)13-5-12-34-14-11-33-20-34/h6-9,11,14,18-21,29,36H,4-5,10,12-13,15-17H2,1-3H3/b30-28+/t29-/m0/s1. The Labute approximate surface area is 245 Å². The van der Waals surface area contributed by atoms with Crippen LogP contribution in [0.15, 0.2) is 60.7 Å². The summed E-state index contributed by atoms with van der Waals surface area (Å²) in [7, 11) is 0. The fourth-order valence-corrected chi connectivity index (χ4v) is 5.13. The van der Waals surface area contributed by atoms with Crippen LogP contribution >= 0.6 is 0 Å². The number of fused-ring (bicyclic) bond motifs is 1. The molecule has 2 aliphatic rings. The van der Waals surface area contributed by atoms with E-state index in [9.17, 15) is 14.7 Å². The van der Waals surface area contributed by atoms with Crippen molar-refractivity contribution in [3.8, 4) is 23.0 Å². The smallest absolute Gasteiger partial charge is 0.295 e. The van der Waals surface area contributed by atoms with E-state index in [1.54, 1.807) is 42.9 Å². The molecule has 0 aliphatic carbocycles. The van der Waals surface area contributed by atoms with E-state index >= 15 is 0 Å². The van der Waals surface area contributed by atoms with E-state index < -0.39 is 17.7 Å². The fraction of sp³-hybridized carbons (Fsp3) is 0.406. The van der Waals surface area contributed by atoms with Crippen molar-refractivity contribution >= 4 is 17.4 Å². The van der Waals surface area contributed by atoms with Crippen molar-refractivity contribution in [3.05, 3.63) is 71.8 Å². The zero-order valence-corrected chi connectivity index (χ0v) is 24.2. The van der Waals surface area contributed by atoms with Gasteiger partial charge in [0.05, 0.1) is 31.2 Å². The number of rotatable bonds is 12. The number of ether oxygens (including phenoxy) is 4. The molecule has 1 N–H and O–H groups in total. The number of aryl methyl sites for hydroxylation is 1. The van der Waals surface area contributed by atoms with Gasteiger partial charge in [-0.05, 0) is 61.6 Å². The van der Waals surface area contributed by atoms with E-state index in [4.69, 9.17) is 18.9 Å². The number of nitrogens with zero attached hydrogens (tertiary/aromatic N) is 3. The van der Waals surface area contributed by atoms with Crippen molar-refractivity contribution < 1.29 is 33.6 Å². The van der Waals surface area contributed by atoms with Crippen LogP contribution in [0, 0.1) is 5.92 Å². The van der Waals surface area contributed by atoms with Gasteiger partial charge in [0, 0.05) is 31.0 Å². The molecule has 222 valence electrons. The third-order valence-electron chi connectivity index (χ3n) is 7.27. The average molecular weight is 576 g/mol. The number of hydrogen-bond acceptors (Lipinski definition) is 8. The van der Waals surface area contributed by atoms with Gasteiger partial charge in [-0.25, -0.2) is 4.98 Å². The SMILES string of the molecule is CCOc1cc([C@H]2/C(=C(\O)c3ccc4c(c3)OCCO4)C(=O)C(=O)N2CCCn2ccnc2)ccc1OCCC(C)C. The van der Waals surface area contributed by atoms with Gasteiger partial charge in [-0.3, -0.25) is 9.59 Å². The highest BCUT2D eigenvalue weighted by atomic mass is 16.6. The summed E-state index contributed by atoms with van der Waals surface area (Å²) < 4.78 is 25.2. The maximum absolute atomic E-state index is 13.5. The largest absolute Gasteiger partial charge is 0.507 e. The molecule has 0 spiro atoms. The summed E-state index contributed by atoms with van der Waals surface area (Å²) in [5.41, 5.74) is 1.00. The Morgan fingerprint density at radius 1 is 1.05 bits per heavy atom. The highest BCUT2D eigenvalue weighted by Crippen LogP contribution is 2.43. The van der Waals surface area contributed by atoms with Crippen molar-refractivity contribution in [2.75, 3.05) is 33.0 Å². The number of carbonyl (C=O) groups is 2. The quantitative estimate of drug-likeness (QED) is 0.183. The van der Waals surface area contributed by atoms with Crippen molar-refractivity contribution in [3.63, 3.8) is 0 Å². The third kappa shape index (κ3) is 6.22. The first-order valence-electron chi connectivity index (χ1n) is 14.4. The lowest BCUT2D eigenvalue weighted by molar-refractivity contribution is -0.139. The Bertz CT molecular complexity index is 1450. The molecule has 2 aromatic carbocycles. The van der Waals surface area contributed by atoms with Crippen LogP contribution in [0.25, 0.3) is 5.76 Å². The lowest BCUT2D eigenvalue weighted by atomic mass is 9.94. The second-order valence-electron chi connectivity index (χ2n) is 10.7. The summed E-state index contributed by atoms with van der Waals surface area (Å²) in [6, 6.07) is 9.57. The predicted octanol–water partition coefficient (Wildman–Crippen LogP) is 4.99. The van der Waals surface area contributed by atoms with Crippen LogP contribution in [0.1, 0.15) is 50.8 Å². The van der Waals surface area contributed by atoms with E-state index in [-0.39, 0.29) is 11.3 Å². The molecule has 0 saturated carbocycles. The van der Waals surface area contributed by atoms with E-state index in [1.165, 1.54) is 4.90 Å². The number of benzene rings is 2. The van der Waals surface area contributed by atoms with Gasteiger partial charge in [-0.15, -0.1) is 0 Å². The number of aromatic nitrogens is 2. The highest BCUT2D eigenvalue weighted by molar-refractivity contribution is 6.46. The van der Waals surface area contributed by atoms with Gasteiger partial charge in [-0.1, -0.05) is 19.9 Å². The van der Waals surface area contributed by atoms with Crippen molar-refractivity contribution in [2.24, 2.45) is 5.92 Å². The number of imidazole rings is 1. The fourth-order valence-electron chi connectivity index (χ4n) is 5.13. The molecule has 10 heteroatoms. The lowest BCUT2D eigenvalue weighted by Crippen LogP contribution is -2.31. The number of hydrogen-bond donors (Lipinski definition) is 1. The third-order valence-corrected chi connectivity index (χ3v) is 7.27. The van der Waals surface area contributed by atoms with Gasteiger partial charge >= 0.3 is 0 Å². The molecule has 10 nitrogen and oxygen atoms in total. The number of carbonyl (C=O) groups excluding carboxylic acids is 2. The van der Waals surface area contributed by atoms with Crippen LogP contribution in [0.2, 0.25) is 0 Å². The molecule has 1 atom stereocenters. The summed E-state index contributed by atoms with van der Waals surface area (Å²) in [5, 5.41) is 11.5. The lowest BCUT2D eigenvalue weighted by Gasteiger charge is -2.26. The second-order valence-corrected chi connectivity index (χ2v) is 10.7. The molecule has 0 radical (unpaired) electrons. The van der Waals surface area contributed by atoms with Crippen LogP contribution in [0.4, 0.5) is 0 Å². The molecule has 0 bridgehead atoms. The highest BCUT2D eigenvalue weighted by Gasteiger charge is 2.46. The molecule has 2 aliphatic heterocycles. The van der Waals surface area contributed by atoms with Crippen molar-refractivity contribution in [1.29, 1.82) is 0 Å². The Balaban J connectivity index is 1.53. The van der Waals surface area contributed by atoms with Gasteiger partial charge in [0.1, 0.15) is 19.0 Å². The van der Waals surface area contributed by atoms with Crippen LogP contribution in [0.3, 0.4) is 0 Å². The Morgan fingerprint density at radius 3 is 2.60 bits per heavy atom. The second kappa shape index (κ2) is 13.0. The summed E-state index contributed by atoms with van der Waals surface area (Å²) in [5.74, 6) is 0.934. The minimum absolute atomic E-state index is 0.00948. The average Bonchev–Trinajstić information content (AvgIpc) is 3.59. The first kappa shape index (κ1) is 29.0. The molecule has 1 amide bonds. The summed E-state index contributed by atoms with van der Waals surface area (Å²) >= 11 is 0. The van der Waals surface area contributed by atoms with Gasteiger partial charge in [-0.2, -0.15) is 0 Å². The zero-order chi connectivity index (χ0) is 29.6. The maximum atomic E-state index is 13.5. The number of Topliss-reactive ketones (excluding diaryl/α,β-unsaturated/α-hetero) is 1. The summed E-state index contributed by atoms with van der Waals surface area (Å²) in [6.45, 7) is 8.81. The van der Waals surface area contributed by atoms with E-state index in [1.807, 2.05) is 23.8 Å². The molecule has 3 heterocycles. The van der Waals surface area contributed by atoms with Crippen LogP contribution < -0.4 is 18.9 Å². The first-order chi connectivity index (χ1) is 20.4. The molecule has 42 heavy (non-hydrogen) atoms. The topological polar surface area (TPSA) is 112 Å². The van der Waals surface area contributed by atoms with Crippen LogP contribution in [-0.4, -0.2) is 64.2 Å². The van der Waals surface area contributed by atoms with Crippen molar-refractivity contribution in [1.82, 2.24) is 14.5 Å². The monoisotopic (exact) mass is 575 g/mol. The predicted molar refractivity (Wildman–Crippen MR) is 156 cm³/mol. The van der Waals surface area contributed by atoms with E-state index in [0.29, 0.717) is 86.0 Å². The number of likely N-dealkylation sites (tertiary alicyclic amines) is 1. The Morgan fingerprint density at radius 2 is 1.86 bits per heavy atom. The molecular formula is C32H37N3O7. The van der Waals surface area contributed by atoms with Gasteiger partial charge in [0.2, 0.25) is 0 Å². The molecule has 3 aromatic rings. The Kier molecular flexibility index (Phi) is 9.00. The Hall–Kier alpha value is -4.47.